The number of carbonyl (C=O) groups excluding carboxylic acids is 1. The molecule has 1 aliphatic rings. The molecule has 2 rings (SSSR count). The number of ketones is 1. The van der Waals surface area contributed by atoms with E-state index in [1.165, 1.54) is 0 Å². The summed E-state index contributed by atoms with van der Waals surface area (Å²) >= 11 is 0. The van der Waals surface area contributed by atoms with Gasteiger partial charge in [-0.25, -0.2) is 0 Å². The Morgan fingerprint density at radius 3 is 2.60 bits per heavy atom. The minimum atomic E-state index is -0.345. The molecule has 0 saturated carbocycles. The van der Waals surface area contributed by atoms with Crippen molar-refractivity contribution in [3.05, 3.63) is 29.3 Å². The van der Waals surface area contributed by atoms with E-state index in [4.69, 9.17) is 14.2 Å². The Morgan fingerprint density at radius 1 is 1.15 bits per heavy atom. The number of Topliss-reactive ketones (excluding diaryl/α,β-unsaturated/α-hetero) is 1. The summed E-state index contributed by atoms with van der Waals surface area (Å²) in [6.07, 6.45) is 2.18. The van der Waals surface area contributed by atoms with Gasteiger partial charge in [-0.2, -0.15) is 0 Å². The number of rotatable bonds is 7. The zero-order chi connectivity index (χ0) is 14.4. The van der Waals surface area contributed by atoms with Crippen LogP contribution in [0, 0.1) is 0 Å². The molecule has 1 aliphatic carbocycles. The van der Waals surface area contributed by atoms with Gasteiger partial charge < -0.3 is 14.2 Å². The molecule has 0 unspecified atom stereocenters. The standard InChI is InChI=1S/C16H22O4/c1-3-18-16(19-4-2)11-20-13-8-9-14-12(10-13)6-5-7-15(14)17/h8-10,16H,3-7,11H2,1-2H3. The van der Waals surface area contributed by atoms with Crippen molar-refractivity contribution < 1.29 is 19.0 Å². The van der Waals surface area contributed by atoms with Crippen LogP contribution in [0.4, 0.5) is 0 Å². The van der Waals surface area contributed by atoms with E-state index in [0.29, 0.717) is 26.2 Å². The minimum Gasteiger partial charge on any atom is -0.488 e. The number of ether oxygens (including phenoxy) is 3. The summed E-state index contributed by atoms with van der Waals surface area (Å²) in [6, 6.07) is 5.67. The van der Waals surface area contributed by atoms with Crippen LogP contribution < -0.4 is 4.74 Å². The fraction of sp³-hybridized carbons (Fsp3) is 0.562. The fourth-order valence-corrected chi connectivity index (χ4v) is 2.39. The second-order valence-corrected chi connectivity index (χ2v) is 4.75. The average molecular weight is 278 g/mol. The molecular weight excluding hydrogens is 256 g/mol. The quantitative estimate of drug-likeness (QED) is 0.719. The van der Waals surface area contributed by atoms with Crippen molar-refractivity contribution in [1.82, 2.24) is 0 Å². The first kappa shape index (κ1) is 15.0. The maximum Gasteiger partial charge on any atom is 0.191 e. The SMILES string of the molecule is CCOC(COc1ccc2c(c1)CCCC2=O)OCC. The minimum absolute atomic E-state index is 0.235. The topological polar surface area (TPSA) is 44.8 Å². The van der Waals surface area contributed by atoms with Gasteiger partial charge in [-0.3, -0.25) is 4.79 Å². The van der Waals surface area contributed by atoms with Gasteiger partial charge in [0.25, 0.3) is 0 Å². The number of fused-ring (bicyclic) bond motifs is 1. The van der Waals surface area contributed by atoms with Crippen molar-refractivity contribution in [3.63, 3.8) is 0 Å². The Balaban J connectivity index is 1.97. The third kappa shape index (κ3) is 3.81. The summed E-state index contributed by atoms with van der Waals surface area (Å²) in [5, 5.41) is 0. The van der Waals surface area contributed by atoms with Gasteiger partial charge in [0.05, 0.1) is 0 Å². The van der Waals surface area contributed by atoms with Gasteiger partial charge in [-0.1, -0.05) is 0 Å². The Bertz CT molecular complexity index is 450. The lowest BCUT2D eigenvalue weighted by molar-refractivity contribution is -0.152. The van der Waals surface area contributed by atoms with Crippen LogP contribution in [-0.2, 0) is 15.9 Å². The number of hydrogen-bond acceptors (Lipinski definition) is 4. The molecule has 0 radical (unpaired) electrons. The summed E-state index contributed by atoms with van der Waals surface area (Å²) in [5.74, 6) is 1.00. The first-order valence-corrected chi connectivity index (χ1v) is 7.26. The highest BCUT2D eigenvalue weighted by atomic mass is 16.7. The normalized spacial score (nSPS) is 14.4. The van der Waals surface area contributed by atoms with E-state index in [2.05, 4.69) is 0 Å². The molecule has 0 spiro atoms. The molecule has 0 aromatic heterocycles. The smallest absolute Gasteiger partial charge is 0.191 e. The van der Waals surface area contributed by atoms with Crippen LogP contribution in [0.2, 0.25) is 0 Å². The molecule has 4 nitrogen and oxygen atoms in total. The first-order chi connectivity index (χ1) is 9.74. The summed E-state index contributed by atoms with van der Waals surface area (Å²) in [4.78, 5) is 11.8. The molecule has 0 N–H and O–H groups in total. The lowest BCUT2D eigenvalue weighted by Gasteiger charge is -2.19. The monoisotopic (exact) mass is 278 g/mol. The molecule has 0 amide bonds. The van der Waals surface area contributed by atoms with Gasteiger partial charge in [0.1, 0.15) is 12.4 Å². The Hall–Kier alpha value is -1.39. The Labute approximate surface area is 120 Å². The van der Waals surface area contributed by atoms with Gasteiger partial charge in [0, 0.05) is 25.2 Å². The number of benzene rings is 1. The third-order valence-electron chi connectivity index (χ3n) is 3.32. The largest absolute Gasteiger partial charge is 0.488 e. The van der Waals surface area contributed by atoms with Crippen LogP contribution >= 0.6 is 0 Å². The third-order valence-corrected chi connectivity index (χ3v) is 3.32. The van der Waals surface area contributed by atoms with Crippen LogP contribution in [0.1, 0.15) is 42.6 Å². The second kappa shape index (κ2) is 7.41. The molecule has 20 heavy (non-hydrogen) atoms. The summed E-state index contributed by atoms with van der Waals surface area (Å²) in [5.41, 5.74) is 1.93. The highest BCUT2D eigenvalue weighted by Crippen LogP contribution is 2.25. The van der Waals surface area contributed by atoms with E-state index in [1.54, 1.807) is 0 Å². The van der Waals surface area contributed by atoms with E-state index in [0.717, 1.165) is 29.7 Å². The fourth-order valence-electron chi connectivity index (χ4n) is 2.39. The van der Waals surface area contributed by atoms with Crippen molar-refractivity contribution in [2.75, 3.05) is 19.8 Å². The number of hydrogen-bond donors (Lipinski definition) is 0. The summed E-state index contributed by atoms with van der Waals surface area (Å²) in [7, 11) is 0. The van der Waals surface area contributed by atoms with Crippen LogP contribution in [0.25, 0.3) is 0 Å². The van der Waals surface area contributed by atoms with Crippen molar-refractivity contribution >= 4 is 5.78 Å². The average Bonchev–Trinajstić information content (AvgIpc) is 2.45. The lowest BCUT2D eigenvalue weighted by Crippen LogP contribution is -2.25. The molecule has 0 heterocycles. The Morgan fingerprint density at radius 2 is 1.90 bits per heavy atom. The molecular formula is C16H22O4. The van der Waals surface area contributed by atoms with Crippen LogP contribution in [0.5, 0.6) is 5.75 Å². The zero-order valence-corrected chi connectivity index (χ0v) is 12.2. The van der Waals surface area contributed by atoms with Crippen LogP contribution in [0.15, 0.2) is 18.2 Å². The van der Waals surface area contributed by atoms with Gasteiger partial charge in [-0.15, -0.1) is 0 Å². The molecule has 0 aliphatic heterocycles. The number of aryl methyl sites for hydroxylation is 1. The van der Waals surface area contributed by atoms with Gasteiger partial charge in [-0.05, 0) is 50.5 Å². The highest BCUT2D eigenvalue weighted by Gasteiger charge is 2.17. The maximum absolute atomic E-state index is 11.8. The van der Waals surface area contributed by atoms with Gasteiger partial charge in [0.2, 0.25) is 0 Å². The van der Waals surface area contributed by atoms with Crippen molar-refractivity contribution in [1.29, 1.82) is 0 Å². The van der Waals surface area contributed by atoms with Crippen LogP contribution in [-0.4, -0.2) is 31.9 Å². The molecule has 0 fully saturated rings. The summed E-state index contributed by atoms with van der Waals surface area (Å²) < 4.78 is 16.6. The van der Waals surface area contributed by atoms with E-state index < -0.39 is 0 Å². The van der Waals surface area contributed by atoms with E-state index in [-0.39, 0.29) is 12.1 Å². The number of carbonyl (C=O) groups is 1. The Kier molecular flexibility index (Phi) is 5.56. The van der Waals surface area contributed by atoms with Crippen molar-refractivity contribution in [3.8, 4) is 5.75 Å². The summed E-state index contributed by atoms with van der Waals surface area (Å²) in [6.45, 7) is 5.39. The molecule has 4 heteroatoms. The molecule has 0 atom stereocenters. The zero-order valence-electron chi connectivity index (χ0n) is 12.2. The molecule has 110 valence electrons. The lowest BCUT2D eigenvalue weighted by atomic mass is 9.91. The van der Waals surface area contributed by atoms with E-state index >= 15 is 0 Å². The molecule has 1 aromatic carbocycles. The predicted octanol–water partition coefficient (Wildman–Crippen LogP) is 2.98. The van der Waals surface area contributed by atoms with E-state index in [1.807, 2.05) is 32.0 Å². The molecule has 0 saturated heterocycles. The molecule has 1 aromatic rings. The second-order valence-electron chi connectivity index (χ2n) is 4.75. The van der Waals surface area contributed by atoms with Gasteiger partial charge in [0.15, 0.2) is 12.1 Å². The highest BCUT2D eigenvalue weighted by molar-refractivity contribution is 5.98. The van der Waals surface area contributed by atoms with Gasteiger partial charge >= 0.3 is 0 Å². The van der Waals surface area contributed by atoms with E-state index in [9.17, 15) is 4.79 Å². The predicted molar refractivity (Wildman–Crippen MR) is 76.2 cm³/mol. The van der Waals surface area contributed by atoms with Crippen molar-refractivity contribution in [2.45, 2.75) is 39.4 Å². The van der Waals surface area contributed by atoms with Crippen molar-refractivity contribution in [2.24, 2.45) is 0 Å². The molecule has 0 bridgehead atoms. The first-order valence-electron chi connectivity index (χ1n) is 7.26. The maximum atomic E-state index is 11.8. The van der Waals surface area contributed by atoms with Crippen LogP contribution in [0.3, 0.4) is 0 Å².